The second-order valence-electron chi connectivity index (χ2n) is 5.72. The molecule has 0 radical (unpaired) electrons. The van der Waals surface area contributed by atoms with Crippen molar-refractivity contribution in [3.8, 4) is 0 Å². The number of amides is 2. The third kappa shape index (κ3) is 3.91. The van der Waals surface area contributed by atoms with Crippen LogP contribution in [0.4, 0.5) is 0 Å². The Morgan fingerprint density at radius 3 is 2.79 bits per heavy atom. The number of hydrogen-bond donors (Lipinski definition) is 2. The van der Waals surface area contributed by atoms with Gasteiger partial charge < -0.3 is 20.3 Å². The third-order valence-electron chi connectivity index (χ3n) is 3.72. The maximum absolute atomic E-state index is 12.1. The molecule has 0 aromatic carbocycles. The Morgan fingerprint density at radius 1 is 1.47 bits per heavy atom. The number of carbonyl (C=O) groups is 2. The molecule has 2 rings (SSSR count). The second kappa shape index (κ2) is 5.88. The van der Waals surface area contributed by atoms with Crippen molar-refractivity contribution in [3.05, 3.63) is 0 Å². The van der Waals surface area contributed by atoms with Crippen molar-refractivity contribution in [1.29, 1.82) is 0 Å². The van der Waals surface area contributed by atoms with Gasteiger partial charge in [-0.15, -0.1) is 0 Å². The summed E-state index contributed by atoms with van der Waals surface area (Å²) in [5, 5.41) is 6.01. The highest BCUT2D eigenvalue weighted by atomic mass is 16.5. The zero-order chi connectivity index (χ0) is 13.9. The number of hydrogen-bond acceptors (Lipinski definition) is 4. The number of nitrogens with zero attached hydrogens (tertiary/aromatic N) is 1. The van der Waals surface area contributed by atoms with Crippen LogP contribution in [0.2, 0.25) is 0 Å². The van der Waals surface area contributed by atoms with Crippen LogP contribution in [0.3, 0.4) is 0 Å². The molecule has 0 aromatic rings. The molecule has 108 valence electrons. The highest BCUT2D eigenvalue weighted by Gasteiger charge is 2.34. The molecule has 2 aliphatic heterocycles. The molecule has 6 nitrogen and oxygen atoms in total. The lowest BCUT2D eigenvalue weighted by Crippen LogP contribution is -2.60. The fourth-order valence-corrected chi connectivity index (χ4v) is 2.52. The average Bonchev–Trinajstić information content (AvgIpc) is 2.33. The minimum absolute atomic E-state index is 0.0168. The molecular weight excluding hydrogens is 246 g/mol. The van der Waals surface area contributed by atoms with Crippen LogP contribution in [0.25, 0.3) is 0 Å². The predicted octanol–water partition coefficient (Wildman–Crippen LogP) is -0.508. The van der Waals surface area contributed by atoms with Gasteiger partial charge in [0.1, 0.15) is 6.61 Å². The molecule has 1 unspecified atom stereocenters. The molecule has 19 heavy (non-hydrogen) atoms. The average molecular weight is 269 g/mol. The first kappa shape index (κ1) is 14.3. The molecule has 6 heteroatoms. The van der Waals surface area contributed by atoms with E-state index >= 15 is 0 Å². The minimum Gasteiger partial charge on any atom is -0.363 e. The largest absolute Gasteiger partial charge is 0.363 e. The highest BCUT2D eigenvalue weighted by Crippen LogP contribution is 2.16. The van der Waals surface area contributed by atoms with E-state index in [4.69, 9.17) is 4.74 Å². The molecule has 0 bridgehead atoms. The van der Waals surface area contributed by atoms with Crippen LogP contribution >= 0.6 is 0 Å². The zero-order valence-corrected chi connectivity index (χ0v) is 11.7. The summed E-state index contributed by atoms with van der Waals surface area (Å²) >= 11 is 0. The van der Waals surface area contributed by atoms with Crippen molar-refractivity contribution in [2.75, 3.05) is 32.8 Å². The predicted molar refractivity (Wildman–Crippen MR) is 70.6 cm³/mol. The maximum atomic E-state index is 12.1. The van der Waals surface area contributed by atoms with E-state index in [0.29, 0.717) is 6.54 Å². The first-order valence-electron chi connectivity index (χ1n) is 6.88. The van der Waals surface area contributed by atoms with Gasteiger partial charge in [0.25, 0.3) is 0 Å². The quantitative estimate of drug-likeness (QED) is 0.721. The van der Waals surface area contributed by atoms with Gasteiger partial charge in [-0.25, -0.2) is 0 Å². The molecule has 2 heterocycles. The van der Waals surface area contributed by atoms with Gasteiger partial charge in [0.2, 0.25) is 11.8 Å². The van der Waals surface area contributed by atoms with Crippen LogP contribution in [-0.2, 0) is 14.3 Å². The molecule has 2 N–H and O–H groups in total. The first-order chi connectivity index (χ1) is 8.98. The first-order valence-corrected chi connectivity index (χ1v) is 6.88. The molecule has 1 atom stereocenters. The Kier molecular flexibility index (Phi) is 4.42. The van der Waals surface area contributed by atoms with Gasteiger partial charge in [-0.1, -0.05) is 0 Å². The minimum atomic E-state index is -0.192. The SMILES string of the molecule is CC(=O)NC1CCCN(C(=O)COC2(C)CNC2)C1. The lowest BCUT2D eigenvalue weighted by Gasteiger charge is -2.40. The van der Waals surface area contributed by atoms with Crippen molar-refractivity contribution in [2.45, 2.75) is 38.3 Å². The molecule has 0 aliphatic carbocycles. The van der Waals surface area contributed by atoms with E-state index in [1.54, 1.807) is 4.90 Å². The summed E-state index contributed by atoms with van der Waals surface area (Å²) in [5.41, 5.74) is -0.192. The Morgan fingerprint density at radius 2 is 2.21 bits per heavy atom. The fraction of sp³-hybridized carbons (Fsp3) is 0.846. The van der Waals surface area contributed by atoms with Gasteiger partial charge in [-0.2, -0.15) is 0 Å². The normalized spacial score (nSPS) is 25.6. The van der Waals surface area contributed by atoms with E-state index < -0.39 is 0 Å². The van der Waals surface area contributed by atoms with Gasteiger partial charge in [-0.3, -0.25) is 9.59 Å². The van der Waals surface area contributed by atoms with Crippen molar-refractivity contribution in [2.24, 2.45) is 0 Å². The molecular formula is C13H23N3O3. The number of piperidine rings is 1. The molecule has 0 aromatic heterocycles. The van der Waals surface area contributed by atoms with Crippen LogP contribution in [0.15, 0.2) is 0 Å². The summed E-state index contributed by atoms with van der Waals surface area (Å²) in [6, 6.07) is 0.0798. The van der Waals surface area contributed by atoms with Crippen LogP contribution in [0.1, 0.15) is 26.7 Å². The molecule has 0 spiro atoms. The summed E-state index contributed by atoms with van der Waals surface area (Å²) in [6.07, 6.45) is 1.86. The third-order valence-corrected chi connectivity index (χ3v) is 3.72. The van der Waals surface area contributed by atoms with E-state index in [-0.39, 0.29) is 30.1 Å². The number of rotatable bonds is 4. The summed E-state index contributed by atoms with van der Waals surface area (Å²) in [6.45, 7) is 6.60. The standard InChI is InChI=1S/C13H23N3O3/c1-10(17)15-11-4-3-5-16(6-11)12(18)7-19-13(2)8-14-9-13/h11,14H,3-9H2,1-2H3,(H,15,17). The van der Waals surface area contributed by atoms with Crippen molar-refractivity contribution >= 4 is 11.8 Å². The van der Waals surface area contributed by atoms with Crippen LogP contribution in [0.5, 0.6) is 0 Å². The molecule has 2 fully saturated rings. The Labute approximate surface area is 113 Å². The number of carbonyl (C=O) groups excluding carboxylic acids is 2. The van der Waals surface area contributed by atoms with Crippen LogP contribution in [0, 0.1) is 0 Å². The lowest BCUT2D eigenvalue weighted by molar-refractivity contribution is -0.147. The summed E-state index contributed by atoms with van der Waals surface area (Å²) in [5.74, 6) is -0.0215. The monoisotopic (exact) mass is 269 g/mol. The summed E-state index contributed by atoms with van der Waals surface area (Å²) < 4.78 is 5.66. The number of nitrogens with one attached hydrogen (secondary N) is 2. The fourth-order valence-electron chi connectivity index (χ4n) is 2.52. The van der Waals surface area contributed by atoms with Gasteiger partial charge in [0, 0.05) is 39.1 Å². The van der Waals surface area contributed by atoms with Crippen LogP contribution in [-0.4, -0.2) is 61.1 Å². The van der Waals surface area contributed by atoms with Gasteiger partial charge in [0.15, 0.2) is 0 Å². The number of ether oxygens (including phenoxy) is 1. The molecule has 2 amide bonds. The van der Waals surface area contributed by atoms with Crippen molar-refractivity contribution in [3.63, 3.8) is 0 Å². The van der Waals surface area contributed by atoms with Gasteiger partial charge in [-0.05, 0) is 19.8 Å². The Hall–Kier alpha value is -1.14. The van der Waals surface area contributed by atoms with E-state index in [2.05, 4.69) is 10.6 Å². The van der Waals surface area contributed by atoms with Crippen molar-refractivity contribution in [1.82, 2.24) is 15.5 Å². The molecule has 2 aliphatic rings. The van der Waals surface area contributed by atoms with Crippen LogP contribution < -0.4 is 10.6 Å². The lowest BCUT2D eigenvalue weighted by atomic mass is 10.0. The maximum Gasteiger partial charge on any atom is 0.248 e. The van der Waals surface area contributed by atoms with Crippen molar-refractivity contribution < 1.29 is 14.3 Å². The number of likely N-dealkylation sites (tertiary alicyclic amines) is 1. The Bertz CT molecular complexity index is 355. The second-order valence-corrected chi connectivity index (χ2v) is 5.72. The van der Waals surface area contributed by atoms with E-state index in [0.717, 1.165) is 32.5 Å². The summed E-state index contributed by atoms with van der Waals surface area (Å²) in [4.78, 5) is 24.9. The van der Waals surface area contributed by atoms with E-state index in [1.807, 2.05) is 6.92 Å². The van der Waals surface area contributed by atoms with E-state index in [9.17, 15) is 9.59 Å². The summed E-state index contributed by atoms with van der Waals surface area (Å²) in [7, 11) is 0. The smallest absolute Gasteiger partial charge is 0.248 e. The molecule has 2 saturated heterocycles. The van der Waals surface area contributed by atoms with E-state index in [1.165, 1.54) is 6.92 Å². The molecule has 0 saturated carbocycles. The topological polar surface area (TPSA) is 70.7 Å². The van der Waals surface area contributed by atoms with Gasteiger partial charge >= 0.3 is 0 Å². The zero-order valence-electron chi connectivity index (χ0n) is 11.7. The Balaban J connectivity index is 1.76. The highest BCUT2D eigenvalue weighted by molar-refractivity contribution is 5.78. The van der Waals surface area contributed by atoms with Gasteiger partial charge in [0.05, 0.1) is 5.60 Å².